The number of carbonyl (C=O) groups is 1. The second kappa shape index (κ2) is 8.94. The molecule has 1 atom stereocenters. The number of alkyl halides is 1. The molecule has 5 nitrogen and oxygen atoms in total. The molecule has 0 aromatic heterocycles. The summed E-state index contributed by atoms with van der Waals surface area (Å²) in [6.07, 6.45) is 0.0389. The van der Waals surface area contributed by atoms with E-state index in [1.54, 1.807) is 0 Å². The summed E-state index contributed by atoms with van der Waals surface area (Å²) in [4.78, 5) is 14.4. The largest absolute Gasteiger partial charge is 0.494 e. The Morgan fingerprint density at radius 1 is 1.10 bits per heavy atom. The maximum absolute atomic E-state index is 12.9. The molecule has 2 aliphatic rings. The molecule has 1 unspecified atom stereocenters. The van der Waals surface area contributed by atoms with E-state index in [0.717, 1.165) is 30.2 Å². The van der Waals surface area contributed by atoms with Crippen LogP contribution in [-0.4, -0.2) is 37.9 Å². The summed E-state index contributed by atoms with van der Waals surface area (Å²) in [5.41, 5.74) is 2.18. The van der Waals surface area contributed by atoms with Crippen LogP contribution in [0.5, 0.6) is 11.5 Å². The van der Waals surface area contributed by atoms with Crippen molar-refractivity contribution < 1.29 is 18.7 Å². The number of amides is 1. The average molecular weight is 413 g/mol. The number of hydrogen-bond donors (Lipinski definition) is 1. The van der Waals surface area contributed by atoms with Gasteiger partial charge in [0.2, 0.25) is 5.91 Å². The van der Waals surface area contributed by atoms with E-state index in [9.17, 15) is 9.18 Å². The Morgan fingerprint density at radius 2 is 1.73 bits per heavy atom. The first-order valence-corrected chi connectivity index (χ1v) is 10.7. The normalized spacial score (nSPS) is 21.9. The topological polar surface area (TPSA) is 50.8 Å². The summed E-state index contributed by atoms with van der Waals surface area (Å²) in [5.74, 6) is 1.48. The first-order chi connectivity index (χ1) is 14.5. The molecule has 0 bridgehead atoms. The predicted octanol–water partition coefficient (Wildman–Crippen LogP) is 4.28. The van der Waals surface area contributed by atoms with Crippen LogP contribution in [-0.2, 0) is 4.79 Å². The van der Waals surface area contributed by atoms with E-state index in [2.05, 4.69) is 22.3 Å². The highest BCUT2D eigenvalue weighted by atomic mass is 19.1. The Bertz CT molecular complexity index is 844. The number of nitrogens with one attached hydrogen (secondary N) is 1. The van der Waals surface area contributed by atoms with Crippen LogP contribution in [0.4, 0.5) is 10.1 Å². The smallest absolute Gasteiger partial charge is 0.223 e. The third kappa shape index (κ3) is 4.69. The highest BCUT2D eigenvalue weighted by molar-refractivity contribution is 5.80. The first-order valence-electron chi connectivity index (χ1n) is 10.7. The SMILES string of the molecule is CCOc1ccc(N2CC(Oc3ccc(C(C)NC(=O)C4CC(F)C4)cc3)C2)cc1. The standard InChI is InChI=1S/C24H29FN2O3/c1-3-29-21-10-6-20(7-11-21)27-14-23(15-27)30-22-8-4-17(5-9-22)16(2)26-24(28)18-12-19(25)13-18/h4-11,16,18-19,23H,3,12-15H2,1-2H3,(H,26,28). The van der Waals surface area contributed by atoms with Crippen molar-refractivity contribution in [1.29, 1.82) is 0 Å². The zero-order chi connectivity index (χ0) is 21.1. The van der Waals surface area contributed by atoms with Crippen LogP contribution >= 0.6 is 0 Å². The van der Waals surface area contributed by atoms with Crippen LogP contribution < -0.4 is 19.7 Å². The van der Waals surface area contributed by atoms with Gasteiger partial charge in [0.15, 0.2) is 0 Å². The molecule has 2 fully saturated rings. The Kier molecular flexibility index (Phi) is 6.11. The summed E-state index contributed by atoms with van der Waals surface area (Å²) in [5, 5.41) is 2.98. The Hall–Kier alpha value is -2.76. The molecule has 2 aromatic rings. The van der Waals surface area contributed by atoms with Crippen molar-refractivity contribution in [2.75, 3.05) is 24.6 Å². The number of halogens is 1. The van der Waals surface area contributed by atoms with E-state index in [-0.39, 0.29) is 24.0 Å². The van der Waals surface area contributed by atoms with Crippen LogP contribution in [0.3, 0.4) is 0 Å². The number of rotatable bonds is 8. The lowest BCUT2D eigenvalue weighted by Gasteiger charge is -2.40. The van der Waals surface area contributed by atoms with Gasteiger partial charge in [0.05, 0.1) is 25.7 Å². The fourth-order valence-electron chi connectivity index (χ4n) is 3.85. The quantitative estimate of drug-likeness (QED) is 0.703. The fraction of sp³-hybridized carbons (Fsp3) is 0.458. The minimum absolute atomic E-state index is 0.0550. The van der Waals surface area contributed by atoms with Gasteiger partial charge in [-0.15, -0.1) is 0 Å². The summed E-state index contributed by atoms with van der Waals surface area (Å²) >= 11 is 0. The Labute approximate surface area is 177 Å². The summed E-state index contributed by atoms with van der Waals surface area (Å²) < 4.78 is 24.5. The number of hydrogen-bond acceptors (Lipinski definition) is 4. The molecule has 1 N–H and O–H groups in total. The van der Waals surface area contributed by atoms with Crippen molar-refractivity contribution in [3.63, 3.8) is 0 Å². The zero-order valence-electron chi connectivity index (χ0n) is 17.5. The monoisotopic (exact) mass is 412 g/mol. The maximum atomic E-state index is 12.9. The molecule has 0 radical (unpaired) electrons. The van der Waals surface area contributed by atoms with Gasteiger partial charge in [0, 0.05) is 11.6 Å². The van der Waals surface area contributed by atoms with Gasteiger partial charge >= 0.3 is 0 Å². The van der Waals surface area contributed by atoms with Crippen LogP contribution in [0, 0.1) is 5.92 Å². The van der Waals surface area contributed by atoms with Crippen molar-refractivity contribution >= 4 is 11.6 Å². The number of anilines is 1. The highest BCUT2D eigenvalue weighted by Gasteiger charge is 2.35. The summed E-state index contributed by atoms with van der Waals surface area (Å²) in [7, 11) is 0. The number of nitrogens with zero attached hydrogens (tertiary/aromatic N) is 1. The number of benzene rings is 2. The average Bonchev–Trinajstić information content (AvgIpc) is 2.69. The van der Waals surface area contributed by atoms with E-state index >= 15 is 0 Å². The van der Waals surface area contributed by atoms with Crippen molar-refractivity contribution in [3.8, 4) is 11.5 Å². The molecule has 0 spiro atoms. The molecule has 1 saturated heterocycles. The minimum Gasteiger partial charge on any atom is -0.494 e. The van der Waals surface area contributed by atoms with Crippen LogP contribution in [0.2, 0.25) is 0 Å². The first kappa shape index (κ1) is 20.5. The molecule has 30 heavy (non-hydrogen) atoms. The van der Waals surface area contributed by atoms with E-state index in [1.807, 2.05) is 50.2 Å². The third-order valence-corrected chi connectivity index (χ3v) is 5.85. The summed E-state index contributed by atoms with van der Waals surface area (Å²) in [6, 6.07) is 15.9. The van der Waals surface area contributed by atoms with Gasteiger partial charge < -0.3 is 19.7 Å². The van der Waals surface area contributed by atoms with Crippen molar-refractivity contribution in [2.45, 2.75) is 45.0 Å². The lowest BCUT2D eigenvalue weighted by molar-refractivity contribution is -0.130. The second-order valence-corrected chi connectivity index (χ2v) is 8.14. The number of ether oxygens (including phenoxy) is 2. The van der Waals surface area contributed by atoms with Crippen LogP contribution in [0.25, 0.3) is 0 Å². The molecule has 160 valence electrons. The molecule has 1 amide bonds. The van der Waals surface area contributed by atoms with Crippen LogP contribution in [0.15, 0.2) is 48.5 Å². The third-order valence-electron chi connectivity index (χ3n) is 5.85. The van der Waals surface area contributed by atoms with Gasteiger partial charge in [0.25, 0.3) is 0 Å². The molecule has 1 aliphatic heterocycles. The van der Waals surface area contributed by atoms with Gasteiger partial charge in [0.1, 0.15) is 23.8 Å². The maximum Gasteiger partial charge on any atom is 0.223 e. The van der Waals surface area contributed by atoms with Crippen LogP contribution in [0.1, 0.15) is 38.3 Å². The predicted molar refractivity (Wildman–Crippen MR) is 115 cm³/mol. The molecule has 6 heteroatoms. The lowest BCUT2D eigenvalue weighted by Crippen LogP contribution is -2.54. The zero-order valence-corrected chi connectivity index (χ0v) is 17.5. The van der Waals surface area contributed by atoms with Gasteiger partial charge in [-0.3, -0.25) is 4.79 Å². The Balaban J connectivity index is 1.23. The summed E-state index contributed by atoms with van der Waals surface area (Å²) in [6.45, 7) is 6.28. The van der Waals surface area contributed by atoms with E-state index < -0.39 is 6.17 Å². The van der Waals surface area contributed by atoms with E-state index in [1.165, 1.54) is 5.69 Å². The minimum atomic E-state index is -0.815. The molecular weight excluding hydrogens is 383 g/mol. The van der Waals surface area contributed by atoms with Crippen molar-refractivity contribution in [1.82, 2.24) is 5.32 Å². The van der Waals surface area contributed by atoms with Gasteiger partial charge in [-0.25, -0.2) is 4.39 Å². The lowest BCUT2D eigenvalue weighted by atomic mass is 9.82. The fourth-order valence-corrected chi connectivity index (χ4v) is 3.85. The van der Waals surface area contributed by atoms with E-state index in [4.69, 9.17) is 9.47 Å². The molecule has 1 aliphatic carbocycles. The molecular formula is C24H29FN2O3. The molecule has 1 saturated carbocycles. The van der Waals surface area contributed by atoms with Gasteiger partial charge in [-0.05, 0) is 68.7 Å². The molecule has 2 aromatic carbocycles. The highest BCUT2D eigenvalue weighted by Crippen LogP contribution is 2.31. The second-order valence-electron chi connectivity index (χ2n) is 8.14. The van der Waals surface area contributed by atoms with Crippen molar-refractivity contribution in [2.24, 2.45) is 5.92 Å². The van der Waals surface area contributed by atoms with Crippen molar-refractivity contribution in [3.05, 3.63) is 54.1 Å². The Morgan fingerprint density at radius 3 is 2.33 bits per heavy atom. The number of carbonyl (C=O) groups excluding carboxylic acids is 1. The van der Waals surface area contributed by atoms with Gasteiger partial charge in [-0.1, -0.05) is 12.1 Å². The molecule has 1 heterocycles. The van der Waals surface area contributed by atoms with Gasteiger partial charge in [-0.2, -0.15) is 0 Å². The van der Waals surface area contributed by atoms with E-state index in [0.29, 0.717) is 19.4 Å². The molecule has 4 rings (SSSR count).